The van der Waals surface area contributed by atoms with Crippen LogP contribution in [0.25, 0.3) is 0 Å². The fourth-order valence-electron chi connectivity index (χ4n) is 0.521. The normalized spacial score (nSPS) is 9.44. The Morgan fingerprint density at radius 3 is 2.56 bits per heavy atom. The maximum Gasteiger partial charge on any atom is 0.176 e. The van der Waals surface area contributed by atoms with Gasteiger partial charge in [0.25, 0.3) is 0 Å². The molecule has 0 bridgehead atoms. The number of carbonyl (C=O) groups excluding carboxylic acids is 1. The number of nitrogens with zero attached hydrogens (tertiary/aromatic N) is 3. The standard InChI is InChI=1S/C4H6N4O/c1-8-6-3(2-9)4(5)7-8/h2H,1H3,(H2,5,7). The van der Waals surface area contributed by atoms with Crippen molar-refractivity contribution >= 4 is 12.1 Å². The third-order valence-corrected chi connectivity index (χ3v) is 0.879. The molecule has 1 rings (SSSR count). The number of nitrogen functional groups attached to an aromatic ring is 1. The maximum absolute atomic E-state index is 10.0. The highest BCUT2D eigenvalue weighted by Gasteiger charge is 2.01. The molecule has 0 fully saturated rings. The van der Waals surface area contributed by atoms with Gasteiger partial charge >= 0.3 is 0 Å². The highest BCUT2D eigenvalue weighted by Crippen LogP contribution is 1.97. The van der Waals surface area contributed by atoms with Crippen LogP contribution in [0.15, 0.2) is 0 Å². The number of aldehydes is 1. The van der Waals surface area contributed by atoms with Gasteiger partial charge in [-0.25, -0.2) is 0 Å². The summed E-state index contributed by atoms with van der Waals surface area (Å²) >= 11 is 0. The van der Waals surface area contributed by atoms with E-state index in [4.69, 9.17) is 5.73 Å². The fourth-order valence-corrected chi connectivity index (χ4v) is 0.521. The number of aryl methyl sites for hydroxylation is 1. The van der Waals surface area contributed by atoms with E-state index in [2.05, 4.69) is 10.2 Å². The lowest BCUT2D eigenvalue weighted by Gasteiger charge is -1.76. The van der Waals surface area contributed by atoms with Gasteiger partial charge in [-0.15, -0.1) is 10.2 Å². The van der Waals surface area contributed by atoms with Crippen molar-refractivity contribution in [2.24, 2.45) is 7.05 Å². The molecular weight excluding hydrogens is 120 g/mol. The molecule has 0 aliphatic rings. The quantitative estimate of drug-likeness (QED) is 0.500. The Balaban J connectivity index is 3.15. The van der Waals surface area contributed by atoms with Gasteiger partial charge in [0, 0.05) is 7.05 Å². The van der Waals surface area contributed by atoms with Crippen LogP contribution in [0, 0.1) is 0 Å². The topological polar surface area (TPSA) is 73.8 Å². The predicted molar refractivity (Wildman–Crippen MR) is 30.8 cm³/mol. The molecule has 9 heavy (non-hydrogen) atoms. The average molecular weight is 126 g/mol. The summed E-state index contributed by atoms with van der Waals surface area (Å²) in [5, 5.41) is 7.28. The Bertz CT molecular complexity index is 228. The van der Waals surface area contributed by atoms with Gasteiger partial charge in [-0.05, 0) is 0 Å². The third kappa shape index (κ3) is 0.883. The Labute approximate surface area is 51.5 Å². The van der Waals surface area contributed by atoms with Crippen molar-refractivity contribution in [3.05, 3.63) is 5.69 Å². The molecule has 1 heterocycles. The number of nitrogens with two attached hydrogens (primary N) is 1. The molecule has 0 aliphatic heterocycles. The minimum atomic E-state index is 0.174. The van der Waals surface area contributed by atoms with Gasteiger partial charge in [-0.1, -0.05) is 0 Å². The number of hydrogen-bond donors (Lipinski definition) is 1. The lowest BCUT2D eigenvalue weighted by Crippen LogP contribution is -1.92. The number of rotatable bonds is 1. The lowest BCUT2D eigenvalue weighted by atomic mass is 10.5. The summed E-state index contributed by atoms with van der Waals surface area (Å²) in [5.74, 6) is 0.174. The first-order valence-electron chi connectivity index (χ1n) is 2.36. The molecule has 0 spiro atoms. The fraction of sp³-hybridized carbons (Fsp3) is 0.250. The Morgan fingerprint density at radius 1 is 1.67 bits per heavy atom. The van der Waals surface area contributed by atoms with Crippen LogP contribution in [-0.2, 0) is 7.05 Å². The van der Waals surface area contributed by atoms with E-state index < -0.39 is 0 Å². The molecule has 5 nitrogen and oxygen atoms in total. The zero-order chi connectivity index (χ0) is 6.85. The lowest BCUT2D eigenvalue weighted by molar-refractivity contribution is 0.111. The minimum Gasteiger partial charge on any atom is -0.380 e. The zero-order valence-corrected chi connectivity index (χ0v) is 4.90. The van der Waals surface area contributed by atoms with Crippen LogP contribution in [-0.4, -0.2) is 21.3 Å². The van der Waals surface area contributed by atoms with Gasteiger partial charge < -0.3 is 5.73 Å². The van der Waals surface area contributed by atoms with Crippen molar-refractivity contribution in [3.8, 4) is 0 Å². The van der Waals surface area contributed by atoms with Gasteiger partial charge in [0.15, 0.2) is 17.8 Å². The molecule has 0 unspecified atom stereocenters. The molecule has 0 saturated heterocycles. The van der Waals surface area contributed by atoms with Crippen LogP contribution >= 0.6 is 0 Å². The minimum absolute atomic E-state index is 0.174. The molecule has 0 amide bonds. The van der Waals surface area contributed by atoms with E-state index in [-0.39, 0.29) is 11.5 Å². The molecule has 0 saturated carbocycles. The van der Waals surface area contributed by atoms with E-state index in [1.165, 1.54) is 4.80 Å². The molecule has 2 N–H and O–H groups in total. The van der Waals surface area contributed by atoms with Crippen LogP contribution < -0.4 is 5.73 Å². The molecule has 0 radical (unpaired) electrons. The summed E-state index contributed by atoms with van der Waals surface area (Å²) in [5.41, 5.74) is 5.42. The van der Waals surface area contributed by atoms with Crippen LogP contribution in [0.3, 0.4) is 0 Å². The highest BCUT2D eigenvalue weighted by atomic mass is 16.1. The summed E-state index contributed by atoms with van der Waals surface area (Å²) in [6, 6.07) is 0. The van der Waals surface area contributed by atoms with Crippen molar-refractivity contribution in [1.29, 1.82) is 0 Å². The molecular formula is C4H6N4O. The molecule has 5 heteroatoms. The Morgan fingerprint density at radius 2 is 2.33 bits per heavy atom. The summed E-state index contributed by atoms with van der Waals surface area (Å²) in [7, 11) is 1.60. The summed E-state index contributed by atoms with van der Waals surface area (Å²) < 4.78 is 0. The van der Waals surface area contributed by atoms with E-state index in [1.54, 1.807) is 7.05 Å². The first kappa shape index (κ1) is 5.74. The van der Waals surface area contributed by atoms with Gasteiger partial charge in [0.2, 0.25) is 0 Å². The average Bonchev–Trinajstić information content (AvgIpc) is 2.10. The molecule has 1 aromatic heterocycles. The third-order valence-electron chi connectivity index (χ3n) is 0.879. The number of aromatic nitrogens is 3. The van der Waals surface area contributed by atoms with E-state index in [0.717, 1.165) is 0 Å². The monoisotopic (exact) mass is 126 g/mol. The predicted octanol–water partition coefficient (Wildman–Crippen LogP) is -0.790. The number of carbonyl (C=O) groups is 1. The van der Waals surface area contributed by atoms with E-state index in [9.17, 15) is 4.79 Å². The van der Waals surface area contributed by atoms with Crippen molar-refractivity contribution in [2.45, 2.75) is 0 Å². The number of hydrogen-bond acceptors (Lipinski definition) is 4. The van der Waals surface area contributed by atoms with Crippen molar-refractivity contribution in [2.75, 3.05) is 5.73 Å². The van der Waals surface area contributed by atoms with E-state index in [1.807, 2.05) is 0 Å². The second-order valence-corrected chi connectivity index (χ2v) is 1.58. The Kier molecular flexibility index (Phi) is 1.18. The van der Waals surface area contributed by atoms with Gasteiger partial charge in [-0.2, -0.15) is 4.80 Å². The SMILES string of the molecule is Cn1nc(N)c(C=O)n1. The summed E-state index contributed by atoms with van der Waals surface area (Å²) in [6.07, 6.45) is 0.572. The molecule has 0 aliphatic carbocycles. The van der Waals surface area contributed by atoms with Crippen LogP contribution in [0.5, 0.6) is 0 Å². The van der Waals surface area contributed by atoms with E-state index >= 15 is 0 Å². The first-order valence-corrected chi connectivity index (χ1v) is 2.36. The molecule has 48 valence electrons. The molecule has 1 aromatic rings. The van der Waals surface area contributed by atoms with Crippen LogP contribution in [0.4, 0.5) is 5.82 Å². The smallest absolute Gasteiger partial charge is 0.176 e. The largest absolute Gasteiger partial charge is 0.380 e. The Hall–Kier alpha value is -1.39. The molecule has 0 aromatic carbocycles. The van der Waals surface area contributed by atoms with Crippen molar-refractivity contribution in [1.82, 2.24) is 15.0 Å². The van der Waals surface area contributed by atoms with Gasteiger partial charge in [0.1, 0.15) is 0 Å². The molecule has 0 atom stereocenters. The maximum atomic E-state index is 10.0. The summed E-state index contributed by atoms with van der Waals surface area (Å²) in [6.45, 7) is 0. The first-order chi connectivity index (χ1) is 4.24. The van der Waals surface area contributed by atoms with Crippen LogP contribution in [0.2, 0.25) is 0 Å². The number of anilines is 1. The second kappa shape index (κ2) is 1.85. The van der Waals surface area contributed by atoms with Crippen molar-refractivity contribution in [3.63, 3.8) is 0 Å². The second-order valence-electron chi connectivity index (χ2n) is 1.58. The highest BCUT2D eigenvalue weighted by molar-refractivity contribution is 5.78. The van der Waals surface area contributed by atoms with Gasteiger partial charge in [0.05, 0.1) is 0 Å². The van der Waals surface area contributed by atoms with Gasteiger partial charge in [-0.3, -0.25) is 4.79 Å². The van der Waals surface area contributed by atoms with Crippen LogP contribution in [0.1, 0.15) is 10.5 Å². The van der Waals surface area contributed by atoms with Crippen molar-refractivity contribution < 1.29 is 4.79 Å². The summed E-state index contributed by atoms with van der Waals surface area (Å²) in [4.78, 5) is 11.3. The zero-order valence-electron chi connectivity index (χ0n) is 4.90. The van der Waals surface area contributed by atoms with E-state index in [0.29, 0.717) is 6.29 Å².